The molecule has 2 heterocycles. The quantitative estimate of drug-likeness (QED) is 0.789. The van der Waals surface area contributed by atoms with E-state index < -0.39 is 11.4 Å². The summed E-state index contributed by atoms with van der Waals surface area (Å²) >= 11 is 0. The lowest BCUT2D eigenvalue weighted by Crippen LogP contribution is -2.45. The number of benzene rings is 1. The van der Waals surface area contributed by atoms with Crippen LogP contribution in [0.4, 0.5) is 4.39 Å². The first-order valence-corrected chi connectivity index (χ1v) is 9.39. The first kappa shape index (κ1) is 19.6. The van der Waals surface area contributed by atoms with Gasteiger partial charge < -0.3 is 19.7 Å². The number of nitrogens with one attached hydrogen (secondary N) is 1. The molecule has 7 heteroatoms. The number of methoxy groups -OCH3 is 1. The number of rotatable bonds is 7. The summed E-state index contributed by atoms with van der Waals surface area (Å²) < 4.78 is 24.1. The van der Waals surface area contributed by atoms with Gasteiger partial charge in [0.05, 0.1) is 19.8 Å². The zero-order valence-electron chi connectivity index (χ0n) is 15.9. The van der Waals surface area contributed by atoms with Crippen LogP contribution in [0.25, 0.3) is 0 Å². The normalized spacial score (nSPS) is 24.7. The van der Waals surface area contributed by atoms with Gasteiger partial charge in [-0.2, -0.15) is 0 Å². The molecule has 6 nitrogen and oxygen atoms in total. The lowest BCUT2D eigenvalue weighted by atomic mass is 9.84. The van der Waals surface area contributed by atoms with Gasteiger partial charge in [-0.15, -0.1) is 0 Å². The van der Waals surface area contributed by atoms with Crippen molar-refractivity contribution in [1.29, 1.82) is 0 Å². The van der Waals surface area contributed by atoms with Gasteiger partial charge in [-0.1, -0.05) is 6.07 Å². The van der Waals surface area contributed by atoms with Gasteiger partial charge in [-0.25, -0.2) is 4.39 Å². The molecule has 0 bridgehead atoms. The van der Waals surface area contributed by atoms with Crippen LogP contribution >= 0.6 is 0 Å². The first-order valence-electron chi connectivity index (χ1n) is 9.39. The number of nitrogens with zero attached hydrogens (tertiary/aromatic N) is 1. The first-order chi connectivity index (χ1) is 12.9. The Morgan fingerprint density at radius 1 is 1.48 bits per heavy atom. The molecule has 1 N–H and O–H groups in total. The highest BCUT2D eigenvalue weighted by atomic mass is 19.1. The SMILES string of the molecule is COc1cc(C[C@@]2(CCC(=O)N(C)[C@@H]3CCOC3)CCC(=O)N2)ccc1F. The summed E-state index contributed by atoms with van der Waals surface area (Å²) in [6.07, 6.45) is 3.41. The topological polar surface area (TPSA) is 67.9 Å². The number of likely N-dealkylation sites (N-methyl/N-ethyl adjacent to an activating group) is 1. The van der Waals surface area contributed by atoms with Crippen LogP contribution in [0.5, 0.6) is 5.75 Å². The summed E-state index contributed by atoms with van der Waals surface area (Å²) in [4.78, 5) is 26.3. The van der Waals surface area contributed by atoms with Gasteiger partial charge in [0.15, 0.2) is 11.6 Å². The third-order valence-corrected chi connectivity index (χ3v) is 5.66. The molecule has 1 aromatic rings. The fraction of sp³-hybridized carbons (Fsp3) is 0.600. The number of carbonyl (C=O) groups is 2. The minimum Gasteiger partial charge on any atom is -0.494 e. The maximum Gasteiger partial charge on any atom is 0.222 e. The van der Waals surface area contributed by atoms with Crippen molar-refractivity contribution in [2.75, 3.05) is 27.4 Å². The van der Waals surface area contributed by atoms with Crippen molar-refractivity contribution in [3.63, 3.8) is 0 Å². The number of halogens is 1. The largest absolute Gasteiger partial charge is 0.494 e. The molecule has 2 aliphatic rings. The van der Waals surface area contributed by atoms with Crippen LogP contribution in [0.1, 0.15) is 37.7 Å². The van der Waals surface area contributed by atoms with E-state index >= 15 is 0 Å². The number of hydrogen-bond acceptors (Lipinski definition) is 4. The molecule has 0 saturated carbocycles. The second-order valence-electron chi connectivity index (χ2n) is 7.50. The Morgan fingerprint density at radius 3 is 2.93 bits per heavy atom. The fourth-order valence-corrected chi connectivity index (χ4v) is 3.94. The molecular weight excluding hydrogens is 351 g/mol. The maximum absolute atomic E-state index is 13.7. The average molecular weight is 378 g/mol. The maximum atomic E-state index is 13.7. The predicted molar refractivity (Wildman–Crippen MR) is 98.0 cm³/mol. The third kappa shape index (κ3) is 4.58. The molecule has 2 amide bonds. The fourth-order valence-electron chi connectivity index (χ4n) is 3.94. The Bertz CT molecular complexity index is 705. The summed E-state index contributed by atoms with van der Waals surface area (Å²) in [6, 6.07) is 4.87. The van der Waals surface area contributed by atoms with E-state index in [1.807, 2.05) is 7.05 Å². The van der Waals surface area contributed by atoms with Crippen molar-refractivity contribution in [3.8, 4) is 5.75 Å². The summed E-state index contributed by atoms with van der Waals surface area (Å²) in [5, 5.41) is 3.06. The highest BCUT2D eigenvalue weighted by Crippen LogP contribution is 2.31. The van der Waals surface area contributed by atoms with Gasteiger partial charge in [0.25, 0.3) is 0 Å². The van der Waals surface area contributed by atoms with Crippen molar-refractivity contribution in [2.45, 2.75) is 50.1 Å². The molecule has 0 spiro atoms. The zero-order chi connectivity index (χ0) is 19.4. The minimum absolute atomic E-state index is 0.00549. The Kier molecular flexibility index (Phi) is 5.99. The Morgan fingerprint density at radius 2 is 2.30 bits per heavy atom. The zero-order valence-corrected chi connectivity index (χ0v) is 15.9. The second-order valence-corrected chi connectivity index (χ2v) is 7.50. The lowest BCUT2D eigenvalue weighted by molar-refractivity contribution is -0.132. The van der Waals surface area contributed by atoms with Gasteiger partial charge in [-0.3, -0.25) is 9.59 Å². The van der Waals surface area contributed by atoms with Gasteiger partial charge in [0.2, 0.25) is 11.8 Å². The molecule has 2 atom stereocenters. The molecule has 148 valence electrons. The number of carbonyl (C=O) groups excluding carboxylic acids is 2. The van der Waals surface area contributed by atoms with Gasteiger partial charge in [0, 0.05) is 32.0 Å². The van der Waals surface area contributed by atoms with E-state index in [-0.39, 0.29) is 23.6 Å². The van der Waals surface area contributed by atoms with Crippen LogP contribution < -0.4 is 10.1 Å². The highest BCUT2D eigenvalue weighted by Gasteiger charge is 2.38. The highest BCUT2D eigenvalue weighted by molar-refractivity contribution is 5.80. The van der Waals surface area contributed by atoms with Crippen LogP contribution in [0, 0.1) is 5.82 Å². The molecule has 0 aliphatic carbocycles. The van der Waals surface area contributed by atoms with Crippen molar-refractivity contribution in [1.82, 2.24) is 10.2 Å². The smallest absolute Gasteiger partial charge is 0.222 e. The van der Waals surface area contributed by atoms with Crippen LogP contribution in [0.3, 0.4) is 0 Å². The van der Waals surface area contributed by atoms with E-state index in [0.717, 1.165) is 12.0 Å². The lowest BCUT2D eigenvalue weighted by Gasteiger charge is -2.31. The molecule has 0 radical (unpaired) electrons. The average Bonchev–Trinajstić information content (AvgIpc) is 3.31. The summed E-state index contributed by atoms with van der Waals surface area (Å²) in [5.41, 5.74) is 0.392. The molecule has 1 aromatic carbocycles. The Hall–Kier alpha value is -2.15. The van der Waals surface area contributed by atoms with Crippen molar-refractivity contribution < 1.29 is 23.5 Å². The molecule has 27 heavy (non-hydrogen) atoms. The molecular formula is C20H27FN2O4. The van der Waals surface area contributed by atoms with Crippen molar-refractivity contribution in [2.24, 2.45) is 0 Å². The van der Waals surface area contributed by atoms with E-state index in [1.54, 1.807) is 17.0 Å². The van der Waals surface area contributed by atoms with Crippen molar-refractivity contribution >= 4 is 11.8 Å². The molecule has 2 aliphatic heterocycles. The van der Waals surface area contributed by atoms with E-state index in [2.05, 4.69) is 5.32 Å². The van der Waals surface area contributed by atoms with Crippen molar-refractivity contribution in [3.05, 3.63) is 29.6 Å². The van der Waals surface area contributed by atoms with Crippen LogP contribution in [0.15, 0.2) is 18.2 Å². The van der Waals surface area contributed by atoms with E-state index in [4.69, 9.17) is 9.47 Å². The third-order valence-electron chi connectivity index (χ3n) is 5.66. The van der Waals surface area contributed by atoms with E-state index in [1.165, 1.54) is 13.2 Å². The molecule has 2 saturated heterocycles. The summed E-state index contributed by atoms with van der Waals surface area (Å²) in [6.45, 7) is 1.27. The molecule has 0 aromatic heterocycles. The van der Waals surface area contributed by atoms with Crippen LogP contribution in [-0.2, 0) is 20.7 Å². The van der Waals surface area contributed by atoms with Gasteiger partial charge in [-0.05, 0) is 43.4 Å². The molecule has 2 fully saturated rings. The van der Waals surface area contributed by atoms with Gasteiger partial charge >= 0.3 is 0 Å². The molecule has 0 unspecified atom stereocenters. The van der Waals surface area contributed by atoms with Crippen LogP contribution in [0.2, 0.25) is 0 Å². The molecule has 3 rings (SSSR count). The number of amides is 2. The summed E-state index contributed by atoms with van der Waals surface area (Å²) in [7, 11) is 3.24. The number of hydrogen-bond donors (Lipinski definition) is 1. The van der Waals surface area contributed by atoms with Crippen LogP contribution in [-0.4, -0.2) is 55.7 Å². The monoisotopic (exact) mass is 378 g/mol. The number of ether oxygens (including phenoxy) is 2. The predicted octanol–water partition coefficient (Wildman–Crippen LogP) is 2.05. The minimum atomic E-state index is -0.484. The summed E-state index contributed by atoms with van der Waals surface area (Å²) in [5.74, 6) is -0.179. The van der Waals surface area contributed by atoms with E-state index in [9.17, 15) is 14.0 Å². The van der Waals surface area contributed by atoms with Gasteiger partial charge in [0.1, 0.15) is 0 Å². The Labute approximate surface area is 159 Å². The standard InChI is InChI=1S/C20H27FN2O4/c1-23(15-7-10-27-13-15)19(25)6-9-20(8-5-18(24)22-20)12-14-3-4-16(21)17(11-14)26-2/h3-4,11,15H,5-10,12-13H2,1-2H3,(H,22,24)/t15-,20+/m1/s1. The Balaban J connectivity index is 1.67. The second kappa shape index (κ2) is 8.25. The van der Waals surface area contributed by atoms with E-state index in [0.29, 0.717) is 45.3 Å².